The first kappa shape index (κ1) is 18.6. The van der Waals surface area contributed by atoms with Crippen LogP contribution < -0.4 is 9.47 Å². The molecule has 6 heteroatoms. The van der Waals surface area contributed by atoms with Crippen LogP contribution in [0, 0.1) is 10.8 Å². The van der Waals surface area contributed by atoms with Crippen molar-refractivity contribution in [2.24, 2.45) is 0 Å². The van der Waals surface area contributed by atoms with Crippen molar-refractivity contribution in [3.63, 3.8) is 0 Å². The molecule has 1 amide bonds. The molecule has 2 N–H and O–H groups in total. The number of likely N-dealkylation sites (tertiary alicyclic amines) is 1. The van der Waals surface area contributed by atoms with Crippen LogP contribution in [0.3, 0.4) is 0 Å². The van der Waals surface area contributed by atoms with E-state index in [4.69, 9.17) is 20.3 Å². The fraction of sp³-hybridized carbons (Fsp3) is 0.286. The number of carbonyl (C=O) groups is 1. The van der Waals surface area contributed by atoms with Crippen molar-refractivity contribution in [2.75, 3.05) is 19.7 Å². The second-order valence-corrected chi connectivity index (χ2v) is 6.32. The lowest BCUT2D eigenvalue weighted by Crippen LogP contribution is -2.29. The van der Waals surface area contributed by atoms with Crippen molar-refractivity contribution in [1.82, 2.24) is 4.90 Å². The van der Waals surface area contributed by atoms with E-state index >= 15 is 0 Å². The second-order valence-electron chi connectivity index (χ2n) is 6.32. The number of rotatable bonds is 9. The maximum atomic E-state index is 11.6. The van der Waals surface area contributed by atoms with Gasteiger partial charge in [-0.25, -0.2) is 0 Å². The van der Waals surface area contributed by atoms with Crippen LogP contribution in [0.5, 0.6) is 17.2 Å². The number of nitrogens with one attached hydrogen (secondary N) is 2. The molecule has 1 aliphatic rings. The number of benzene rings is 2. The maximum Gasteiger partial charge on any atom is 0.222 e. The van der Waals surface area contributed by atoms with Crippen LogP contribution in [0.15, 0.2) is 48.5 Å². The van der Waals surface area contributed by atoms with E-state index in [-0.39, 0.29) is 5.91 Å². The van der Waals surface area contributed by atoms with E-state index in [2.05, 4.69) is 0 Å². The third-order valence-electron chi connectivity index (χ3n) is 4.37. The lowest BCUT2D eigenvalue weighted by atomic mass is 10.1. The molecule has 1 aliphatic heterocycles. The van der Waals surface area contributed by atoms with Gasteiger partial charge in [0, 0.05) is 31.3 Å². The maximum absolute atomic E-state index is 11.6. The van der Waals surface area contributed by atoms with Crippen LogP contribution in [0.2, 0.25) is 0 Å². The molecule has 27 heavy (non-hydrogen) atoms. The lowest BCUT2D eigenvalue weighted by molar-refractivity contribution is -0.128. The molecule has 2 aromatic carbocycles. The highest BCUT2D eigenvalue weighted by atomic mass is 16.5. The summed E-state index contributed by atoms with van der Waals surface area (Å²) in [4.78, 5) is 13.4. The SMILES string of the molecule is N=CCC(=N)c1ccc(Oc2ccc(OCCN3CCCC3=O)cc2)cc1. The summed E-state index contributed by atoms with van der Waals surface area (Å²) in [5.41, 5.74) is 1.19. The summed E-state index contributed by atoms with van der Waals surface area (Å²) in [5.74, 6) is 2.33. The summed E-state index contributed by atoms with van der Waals surface area (Å²) in [6.07, 6.45) is 3.14. The van der Waals surface area contributed by atoms with Crippen molar-refractivity contribution >= 4 is 17.8 Å². The smallest absolute Gasteiger partial charge is 0.222 e. The van der Waals surface area contributed by atoms with Gasteiger partial charge in [-0.3, -0.25) is 4.79 Å². The topological polar surface area (TPSA) is 86.5 Å². The fourth-order valence-electron chi connectivity index (χ4n) is 2.90. The van der Waals surface area contributed by atoms with Gasteiger partial charge < -0.3 is 25.2 Å². The van der Waals surface area contributed by atoms with Crippen LogP contribution in [0.1, 0.15) is 24.8 Å². The van der Waals surface area contributed by atoms with Gasteiger partial charge in [0.1, 0.15) is 23.9 Å². The van der Waals surface area contributed by atoms with Gasteiger partial charge in [-0.05, 0) is 60.5 Å². The van der Waals surface area contributed by atoms with E-state index in [1.807, 2.05) is 53.4 Å². The van der Waals surface area contributed by atoms with Crippen LogP contribution in [0.25, 0.3) is 0 Å². The quantitative estimate of drug-likeness (QED) is 0.661. The molecule has 0 spiro atoms. The van der Waals surface area contributed by atoms with Crippen LogP contribution in [0.4, 0.5) is 0 Å². The van der Waals surface area contributed by atoms with Gasteiger partial charge in [-0.2, -0.15) is 0 Å². The predicted octanol–water partition coefficient (Wildman–Crippen LogP) is 3.89. The number of amides is 1. The molecule has 6 nitrogen and oxygen atoms in total. The summed E-state index contributed by atoms with van der Waals surface area (Å²) >= 11 is 0. The summed E-state index contributed by atoms with van der Waals surface area (Å²) in [6.45, 7) is 1.93. The van der Waals surface area contributed by atoms with E-state index in [9.17, 15) is 4.79 Å². The van der Waals surface area contributed by atoms with Gasteiger partial charge >= 0.3 is 0 Å². The summed E-state index contributed by atoms with van der Waals surface area (Å²) in [6, 6.07) is 14.6. The molecule has 0 atom stereocenters. The van der Waals surface area contributed by atoms with Crippen LogP contribution >= 0.6 is 0 Å². The van der Waals surface area contributed by atoms with Crippen molar-refractivity contribution in [3.05, 3.63) is 54.1 Å². The Labute approximate surface area is 158 Å². The highest BCUT2D eigenvalue weighted by Gasteiger charge is 2.19. The molecule has 140 valence electrons. The highest BCUT2D eigenvalue weighted by molar-refractivity contribution is 6.04. The molecule has 0 aliphatic carbocycles. The highest BCUT2D eigenvalue weighted by Crippen LogP contribution is 2.24. The molecule has 1 heterocycles. The first-order valence-electron chi connectivity index (χ1n) is 9.01. The summed E-state index contributed by atoms with van der Waals surface area (Å²) < 4.78 is 11.5. The Balaban J connectivity index is 1.49. The number of carbonyl (C=O) groups excluding carboxylic acids is 1. The van der Waals surface area contributed by atoms with Crippen molar-refractivity contribution < 1.29 is 14.3 Å². The Morgan fingerprint density at radius 2 is 1.67 bits per heavy atom. The monoisotopic (exact) mass is 365 g/mol. The standard InChI is InChI=1S/C21H23N3O3/c22-12-11-20(23)16-3-5-18(6-4-16)27-19-9-7-17(8-10-19)26-15-14-24-13-1-2-21(24)25/h3-10,12,22-23H,1-2,11,13-15H2. The zero-order valence-electron chi connectivity index (χ0n) is 15.1. The summed E-state index contributed by atoms with van der Waals surface area (Å²) in [7, 11) is 0. The first-order chi connectivity index (χ1) is 13.2. The number of nitrogens with zero attached hydrogens (tertiary/aromatic N) is 1. The Hall–Kier alpha value is -3.15. The zero-order valence-corrected chi connectivity index (χ0v) is 15.1. The molecule has 0 aromatic heterocycles. The van der Waals surface area contributed by atoms with Crippen molar-refractivity contribution in [2.45, 2.75) is 19.3 Å². The van der Waals surface area contributed by atoms with E-state index in [0.717, 1.165) is 24.3 Å². The van der Waals surface area contributed by atoms with Gasteiger partial charge in [0.25, 0.3) is 0 Å². The lowest BCUT2D eigenvalue weighted by Gasteiger charge is -2.15. The Kier molecular flexibility index (Phi) is 6.20. The largest absolute Gasteiger partial charge is 0.492 e. The average molecular weight is 365 g/mol. The molecule has 0 radical (unpaired) electrons. The van der Waals surface area contributed by atoms with E-state index in [0.29, 0.717) is 43.2 Å². The average Bonchev–Trinajstić information content (AvgIpc) is 3.09. The third kappa shape index (κ3) is 5.17. The Morgan fingerprint density at radius 1 is 1.04 bits per heavy atom. The molecular formula is C21H23N3O3. The number of ether oxygens (including phenoxy) is 2. The minimum atomic E-state index is 0.210. The first-order valence-corrected chi connectivity index (χ1v) is 9.01. The molecular weight excluding hydrogens is 342 g/mol. The fourth-order valence-corrected chi connectivity index (χ4v) is 2.90. The molecule has 0 bridgehead atoms. The predicted molar refractivity (Wildman–Crippen MR) is 104 cm³/mol. The van der Waals surface area contributed by atoms with E-state index in [1.54, 1.807) is 0 Å². The third-order valence-corrected chi connectivity index (χ3v) is 4.37. The number of hydrogen-bond donors (Lipinski definition) is 2. The molecule has 1 saturated heterocycles. The van der Waals surface area contributed by atoms with Crippen LogP contribution in [-0.2, 0) is 4.79 Å². The number of hydrogen-bond acceptors (Lipinski definition) is 5. The normalized spacial score (nSPS) is 13.5. The van der Waals surface area contributed by atoms with Gasteiger partial charge in [-0.15, -0.1) is 0 Å². The minimum absolute atomic E-state index is 0.210. The van der Waals surface area contributed by atoms with Gasteiger partial charge in [-0.1, -0.05) is 0 Å². The Morgan fingerprint density at radius 3 is 2.26 bits per heavy atom. The summed E-state index contributed by atoms with van der Waals surface area (Å²) in [5, 5.41) is 14.9. The van der Waals surface area contributed by atoms with Crippen molar-refractivity contribution in [3.8, 4) is 17.2 Å². The molecule has 2 aromatic rings. The molecule has 1 fully saturated rings. The Bertz CT molecular complexity index is 800. The second kappa shape index (κ2) is 8.98. The van der Waals surface area contributed by atoms with E-state index in [1.165, 1.54) is 6.21 Å². The molecule has 0 saturated carbocycles. The van der Waals surface area contributed by atoms with Crippen molar-refractivity contribution in [1.29, 1.82) is 10.8 Å². The molecule has 3 rings (SSSR count). The van der Waals surface area contributed by atoms with Gasteiger partial charge in [0.05, 0.1) is 6.54 Å². The zero-order chi connectivity index (χ0) is 19.1. The van der Waals surface area contributed by atoms with Gasteiger partial charge in [0.15, 0.2) is 0 Å². The minimum Gasteiger partial charge on any atom is -0.492 e. The van der Waals surface area contributed by atoms with Crippen LogP contribution in [-0.4, -0.2) is 42.4 Å². The van der Waals surface area contributed by atoms with Gasteiger partial charge in [0.2, 0.25) is 5.91 Å². The molecule has 0 unspecified atom stereocenters. The van der Waals surface area contributed by atoms with E-state index < -0.39 is 0 Å².